The standard InChI is InChI=1S/C16H14O2/c17-10-13-6-7-15-14(11-18-16(15)9-13)8-12-4-2-1-3-5-12/h1-7,9,11,17H,8,10H2. The van der Waals surface area contributed by atoms with Gasteiger partial charge < -0.3 is 9.52 Å². The first-order valence-electron chi connectivity index (χ1n) is 6.00. The van der Waals surface area contributed by atoms with Gasteiger partial charge in [0.2, 0.25) is 0 Å². The normalized spacial score (nSPS) is 10.9. The maximum Gasteiger partial charge on any atom is 0.134 e. The van der Waals surface area contributed by atoms with E-state index >= 15 is 0 Å². The second-order valence-electron chi connectivity index (χ2n) is 4.41. The Balaban J connectivity index is 1.98. The molecule has 0 bridgehead atoms. The van der Waals surface area contributed by atoms with Crippen molar-refractivity contribution in [1.82, 2.24) is 0 Å². The number of benzene rings is 2. The predicted octanol–water partition coefficient (Wildman–Crippen LogP) is 3.52. The second kappa shape index (κ2) is 4.67. The van der Waals surface area contributed by atoms with Crippen molar-refractivity contribution in [1.29, 1.82) is 0 Å². The lowest BCUT2D eigenvalue weighted by atomic mass is 10.0. The molecule has 0 aliphatic heterocycles. The molecule has 0 spiro atoms. The molecule has 1 aromatic heterocycles. The van der Waals surface area contributed by atoms with Crippen molar-refractivity contribution < 1.29 is 9.52 Å². The molecule has 2 nitrogen and oxygen atoms in total. The van der Waals surface area contributed by atoms with Gasteiger partial charge in [-0.2, -0.15) is 0 Å². The fourth-order valence-corrected chi connectivity index (χ4v) is 2.18. The maximum atomic E-state index is 9.10. The summed E-state index contributed by atoms with van der Waals surface area (Å²) in [5.41, 5.74) is 4.17. The summed E-state index contributed by atoms with van der Waals surface area (Å²) in [5, 5.41) is 10.2. The Morgan fingerprint density at radius 2 is 1.78 bits per heavy atom. The van der Waals surface area contributed by atoms with Crippen LogP contribution in [0.4, 0.5) is 0 Å². The molecule has 0 unspecified atom stereocenters. The van der Waals surface area contributed by atoms with Gasteiger partial charge in [0.1, 0.15) is 5.58 Å². The summed E-state index contributed by atoms with van der Waals surface area (Å²) in [7, 11) is 0. The Labute approximate surface area is 105 Å². The summed E-state index contributed by atoms with van der Waals surface area (Å²) < 4.78 is 5.55. The van der Waals surface area contributed by atoms with Gasteiger partial charge >= 0.3 is 0 Å². The Morgan fingerprint density at radius 1 is 0.944 bits per heavy atom. The van der Waals surface area contributed by atoms with Gasteiger partial charge in [0.25, 0.3) is 0 Å². The number of hydrogen-bond donors (Lipinski definition) is 1. The van der Waals surface area contributed by atoms with Crippen LogP contribution >= 0.6 is 0 Å². The maximum absolute atomic E-state index is 9.10. The molecule has 0 aliphatic rings. The van der Waals surface area contributed by atoms with Crippen molar-refractivity contribution >= 4 is 11.0 Å². The van der Waals surface area contributed by atoms with E-state index in [1.54, 1.807) is 6.26 Å². The third kappa shape index (κ3) is 2.03. The number of fused-ring (bicyclic) bond motifs is 1. The predicted molar refractivity (Wildman–Crippen MR) is 71.4 cm³/mol. The fourth-order valence-electron chi connectivity index (χ4n) is 2.18. The fraction of sp³-hybridized carbons (Fsp3) is 0.125. The molecule has 0 amide bonds. The summed E-state index contributed by atoms with van der Waals surface area (Å²) in [6.07, 6.45) is 2.67. The molecule has 3 rings (SSSR count). The van der Waals surface area contributed by atoms with Crippen LogP contribution in [0, 0.1) is 0 Å². The lowest BCUT2D eigenvalue weighted by molar-refractivity contribution is 0.282. The summed E-state index contributed by atoms with van der Waals surface area (Å²) in [4.78, 5) is 0. The van der Waals surface area contributed by atoms with Gasteiger partial charge in [-0.15, -0.1) is 0 Å². The molecule has 1 N–H and O–H groups in total. The zero-order valence-corrected chi connectivity index (χ0v) is 9.97. The van der Waals surface area contributed by atoms with Crippen molar-refractivity contribution in [3.63, 3.8) is 0 Å². The highest BCUT2D eigenvalue weighted by atomic mass is 16.3. The molecule has 1 heterocycles. The van der Waals surface area contributed by atoms with Gasteiger partial charge in [0, 0.05) is 17.4 Å². The van der Waals surface area contributed by atoms with Crippen LogP contribution in [0.15, 0.2) is 59.2 Å². The Bertz CT molecular complexity index is 653. The zero-order valence-electron chi connectivity index (χ0n) is 9.97. The van der Waals surface area contributed by atoms with E-state index in [0.717, 1.165) is 23.0 Å². The average molecular weight is 238 g/mol. The minimum atomic E-state index is 0.0463. The molecule has 2 heteroatoms. The quantitative estimate of drug-likeness (QED) is 0.757. The van der Waals surface area contributed by atoms with Crippen LogP contribution in [0.3, 0.4) is 0 Å². The first-order chi connectivity index (χ1) is 8.86. The van der Waals surface area contributed by atoms with Crippen molar-refractivity contribution in [2.24, 2.45) is 0 Å². The van der Waals surface area contributed by atoms with Crippen molar-refractivity contribution in [2.45, 2.75) is 13.0 Å². The molecule has 0 saturated heterocycles. The zero-order chi connectivity index (χ0) is 12.4. The van der Waals surface area contributed by atoms with Crippen LogP contribution in [-0.2, 0) is 13.0 Å². The lowest BCUT2D eigenvalue weighted by Crippen LogP contribution is -1.86. The van der Waals surface area contributed by atoms with Gasteiger partial charge in [-0.3, -0.25) is 0 Å². The van der Waals surface area contributed by atoms with E-state index in [1.807, 2.05) is 36.4 Å². The van der Waals surface area contributed by atoms with Crippen LogP contribution in [0.5, 0.6) is 0 Å². The molecular formula is C16H14O2. The monoisotopic (exact) mass is 238 g/mol. The van der Waals surface area contributed by atoms with Gasteiger partial charge in [-0.25, -0.2) is 0 Å². The van der Waals surface area contributed by atoms with E-state index in [1.165, 1.54) is 11.1 Å². The molecular weight excluding hydrogens is 224 g/mol. The number of furan rings is 1. The van der Waals surface area contributed by atoms with Gasteiger partial charge in [-0.05, 0) is 17.2 Å². The first kappa shape index (κ1) is 11.1. The van der Waals surface area contributed by atoms with Crippen LogP contribution in [-0.4, -0.2) is 5.11 Å². The van der Waals surface area contributed by atoms with E-state index in [2.05, 4.69) is 12.1 Å². The van der Waals surface area contributed by atoms with Gasteiger partial charge in [-0.1, -0.05) is 42.5 Å². The van der Waals surface area contributed by atoms with Crippen molar-refractivity contribution in [2.75, 3.05) is 0 Å². The number of rotatable bonds is 3. The van der Waals surface area contributed by atoms with E-state index in [4.69, 9.17) is 9.52 Å². The largest absolute Gasteiger partial charge is 0.464 e. The Morgan fingerprint density at radius 3 is 2.56 bits per heavy atom. The van der Waals surface area contributed by atoms with Gasteiger partial charge in [0.05, 0.1) is 12.9 Å². The van der Waals surface area contributed by atoms with Crippen LogP contribution in [0.1, 0.15) is 16.7 Å². The average Bonchev–Trinajstić information content (AvgIpc) is 2.82. The third-order valence-corrected chi connectivity index (χ3v) is 3.14. The molecule has 90 valence electrons. The van der Waals surface area contributed by atoms with Crippen LogP contribution in [0.2, 0.25) is 0 Å². The van der Waals surface area contributed by atoms with E-state index in [-0.39, 0.29) is 6.61 Å². The summed E-state index contributed by atoms with van der Waals surface area (Å²) in [5.74, 6) is 0. The Kier molecular flexibility index (Phi) is 2.87. The van der Waals surface area contributed by atoms with Crippen LogP contribution < -0.4 is 0 Å². The molecule has 0 saturated carbocycles. The number of aliphatic hydroxyl groups is 1. The highest BCUT2D eigenvalue weighted by Crippen LogP contribution is 2.24. The van der Waals surface area contributed by atoms with E-state index in [0.29, 0.717) is 0 Å². The topological polar surface area (TPSA) is 33.4 Å². The number of aliphatic hydroxyl groups excluding tert-OH is 1. The smallest absolute Gasteiger partial charge is 0.134 e. The molecule has 2 aromatic carbocycles. The third-order valence-electron chi connectivity index (χ3n) is 3.14. The summed E-state index contributed by atoms with van der Waals surface area (Å²) in [6, 6.07) is 16.2. The molecule has 0 aliphatic carbocycles. The molecule has 18 heavy (non-hydrogen) atoms. The highest BCUT2D eigenvalue weighted by molar-refractivity contribution is 5.82. The highest BCUT2D eigenvalue weighted by Gasteiger charge is 2.07. The SMILES string of the molecule is OCc1ccc2c(Cc3ccccc3)coc2c1. The van der Waals surface area contributed by atoms with Gasteiger partial charge in [0.15, 0.2) is 0 Å². The molecule has 0 radical (unpaired) electrons. The summed E-state index contributed by atoms with van der Waals surface area (Å²) in [6.45, 7) is 0.0463. The Hall–Kier alpha value is -2.06. The van der Waals surface area contributed by atoms with Crippen LogP contribution in [0.25, 0.3) is 11.0 Å². The minimum Gasteiger partial charge on any atom is -0.464 e. The van der Waals surface area contributed by atoms with E-state index < -0.39 is 0 Å². The lowest BCUT2D eigenvalue weighted by Gasteiger charge is -1.99. The first-order valence-corrected chi connectivity index (χ1v) is 6.00. The minimum absolute atomic E-state index is 0.0463. The van der Waals surface area contributed by atoms with Crippen molar-refractivity contribution in [3.05, 3.63) is 71.5 Å². The summed E-state index contributed by atoms with van der Waals surface area (Å²) >= 11 is 0. The molecule has 0 atom stereocenters. The van der Waals surface area contributed by atoms with E-state index in [9.17, 15) is 0 Å². The molecule has 0 fully saturated rings. The molecule has 3 aromatic rings. The van der Waals surface area contributed by atoms with Crippen molar-refractivity contribution in [3.8, 4) is 0 Å². The second-order valence-corrected chi connectivity index (χ2v) is 4.41. The number of hydrogen-bond acceptors (Lipinski definition) is 2.